The van der Waals surface area contributed by atoms with Gasteiger partial charge >= 0.3 is 6.03 Å². The third-order valence-electron chi connectivity index (χ3n) is 3.97. The SMILES string of the molecule is O=C(NCc1cccs1)NCc1cccnc1N1CCCCC1. The van der Waals surface area contributed by atoms with Crippen LogP contribution in [-0.4, -0.2) is 24.1 Å². The smallest absolute Gasteiger partial charge is 0.315 e. The van der Waals surface area contributed by atoms with E-state index in [4.69, 9.17) is 0 Å². The third kappa shape index (κ3) is 4.45. The number of hydrogen-bond acceptors (Lipinski definition) is 4. The van der Waals surface area contributed by atoms with Crippen LogP contribution in [0, 0.1) is 0 Å². The Kier molecular flexibility index (Phi) is 5.47. The highest BCUT2D eigenvalue weighted by molar-refractivity contribution is 7.09. The van der Waals surface area contributed by atoms with Gasteiger partial charge in [-0.05, 0) is 36.8 Å². The van der Waals surface area contributed by atoms with E-state index in [0.717, 1.165) is 29.3 Å². The van der Waals surface area contributed by atoms with E-state index in [1.807, 2.05) is 35.8 Å². The van der Waals surface area contributed by atoms with E-state index < -0.39 is 0 Å². The van der Waals surface area contributed by atoms with E-state index in [1.54, 1.807) is 11.3 Å². The van der Waals surface area contributed by atoms with E-state index in [-0.39, 0.29) is 6.03 Å². The predicted octanol–water partition coefficient (Wildman–Crippen LogP) is 3.13. The average Bonchev–Trinajstić information content (AvgIpc) is 3.13. The molecule has 1 aliphatic rings. The number of carbonyl (C=O) groups excluding carboxylic acids is 1. The zero-order chi connectivity index (χ0) is 15.9. The van der Waals surface area contributed by atoms with Gasteiger partial charge in [0.05, 0.1) is 6.54 Å². The summed E-state index contributed by atoms with van der Waals surface area (Å²) in [6.07, 6.45) is 5.54. The first-order valence-electron chi connectivity index (χ1n) is 8.06. The van der Waals surface area contributed by atoms with Crippen LogP contribution in [0.25, 0.3) is 0 Å². The van der Waals surface area contributed by atoms with Gasteiger partial charge in [-0.25, -0.2) is 9.78 Å². The van der Waals surface area contributed by atoms with Gasteiger partial charge in [-0.1, -0.05) is 12.1 Å². The van der Waals surface area contributed by atoms with E-state index in [0.29, 0.717) is 13.1 Å². The Hall–Kier alpha value is -2.08. The minimum Gasteiger partial charge on any atom is -0.356 e. The number of rotatable bonds is 5. The fourth-order valence-electron chi connectivity index (χ4n) is 2.78. The molecule has 2 N–H and O–H groups in total. The number of hydrogen-bond donors (Lipinski definition) is 2. The molecule has 0 saturated carbocycles. The van der Waals surface area contributed by atoms with Crippen molar-refractivity contribution in [3.63, 3.8) is 0 Å². The summed E-state index contributed by atoms with van der Waals surface area (Å²) in [7, 11) is 0. The minimum atomic E-state index is -0.146. The number of aromatic nitrogens is 1. The van der Waals surface area contributed by atoms with Crippen LogP contribution in [0.3, 0.4) is 0 Å². The van der Waals surface area contributed by atoms with E-state index >= 15 is 0 Å². The van der Waals surface area contributed by atoms with Crippen molar-refractivity contribution in [2.45, 2.75) is 32.4 Å². The summed E-state index contributed by atoms with van der Waals surface area (Å²) in [6.45, 7) is 3.16. The number of thiophene rings is 1. The lowest BCUT2D eigenvalue weighted by molar-refractivity contribution is 0.240. The summed E-state index contributed by atoms with van der Waals surface area (Å²) in [5.74, 6) is 1.01. The molecular weight excluding hydrogens is 308 g/mol. The van der Waals surface area contributed by atoms with Crippen molar-refractivity contribution in [2.75, 3.05) is 18.0 Å². The van der Waals surface area contributed by atoms with Crippen molar-refractivity contribution < 1.29 is 4.79 Å². The Bertz CT molecular complexity index is 623. The fourth-order valence-corrected chi connectivity index (χ4v) is 3.42. The number of carbonyl (C=O) groups is 1. The van der Waals surface area contributed by atoms with Crippen molar-refractivity contribution in [2.24, 2.45) is 0 Å². The van der Waals surface area contributed by atoms with Gasteiger partial charge in [-0.15, -0.1) is 11.3 Å². The van der Waals surface area contributed by atoms with Crippen molar-refractivity contribution in [3.05, 3.63) is 46.3 Å². The van der Waals surface area contributed by atoms with Gasteiger partial charge in [0.2, 0.25) is 0 Å². The molecule has 122 valence electrons. The number of pyridine rings is 1. The topological polar surface area (TPSA) is 57.3 Å². The summed E-state index contributed by atoms with van der Waals surface area (Å²) in [5.41, 5.74) is 1.07. The van der Waals surface area contributed by atoms with Gasteiger partial charge in [0, 0.05) is 36.3 Å². The highest BCUT2D eigenvalue weighted by Gasteiger charge is 2.15. The van der Waals surface area contributed by atoms with Crippen molar-refractivity contribution >= 4 is 23.2 Å². The second-order valence-corrected chi connectivity index (χ2v) is 6.68. The highest BCUT2D eigenvalue weighted by atomic mass is 32.1. The van der Waals surface area contributed by atoms with E-state index in [9.17, 15) is 4.79 Å². The van der Waals surface area contributed by atoms with Crippen LogP contribution < -0.4 is 15.5 Å². The molecule has 5 nitrogen and oxygen atoms in total. The Morgan fingerprint density at radius 1 is 1.13 bits per heavy atom. The first-order valence-corrected chi connectivity index (χ1v) is 8.94. The molecule has 2 amide bonds. The van der Waals surface area contributed by atoms with E-state index in [2.05, 4.69) is 20.5 Å². The van der Waals surface area contributed by atoms with Crippen molar-refractivity contribution in [3.8, 4) is 0 Å². The molecule has 23 heavy (non-hydrogen) atoms. The van der Waals surface area contributed by atoms with Crippen molar-refractivity contribution in [1.82, 2.24) is 15.6 Å². The molecule has 0 bridgehead atoms. The van der Waals surface area contributed by atoms with Gasteiger partial charge in [0.15, 0.2) is 0 Å². The van der Waals surface area contributed by atoms with Crippen LogP contribution >= 0.6 is 11.3 Å². The number of urea groups is 1. The molecule has 1 fully saturated rings. The highest BCUT2D eigenvalue weighted by Crippen LogP contribution is 2.21. The van der Waals surface area contributed by atoms with Gasteiger partial charge in [-0.2, -0.15) is 0 Å². The molecule has 2 aromatic rings. The summed E-state index contributed by atoms with van der Waals surface area (Å²) in [5, 5.41) is 7.82. The molecule has 2 aromatic heterocycles. The zero-order valence-corrected chi connectivity index (χ0v) is 13.9. The molecule has 3 heterocycles. The fraction of sp³-hybridized carbons (Fsp3) is 0.412. The Balaban J connectivity index is 1.54. The summed E-state index contributed by atoms with van der Waals surface area (Å²) in [6, 6.07) is 7.82. The molecule has 0 spiro atoms. The molecule has 3 rings (SSSR count). The predicted molar refractivity (Wildman–Crippen MR) is 93.7 cm³/mol. The first kappa shape index (κ1) is 15.8. The van der Waals surface area contributed by atoms with Crippen LogP contribution in [0.5, 0.6) is 0 Å². The van der Waals surface area contributed by atoms with Crippen LogP contribution in [0.1, 0.15) is 29.7 Å². The molecule has 1 aliphatic heterocycles. The van der Waals surface area contributed by atoms with Crippen LogP contribution in [-0.2, 0) is 13.1 Å². The van der Waals surface area contributed by atoms with Gasteiger partial charge in [0.25, 0.3) is 0 Å². The standard InChI is InChI=1S/C17H22N4OS/c22-17(20-13-15-7-5-11-23-15)19-12-14-6-4-8-18-16(14)21-9-2-1-3-10-21/h4-8,11H,1-3,9-10,12-13H2,(H2,19,20,22). The van der Waals surface area contributed by atoms with Crippen molar-refractivity contribution in [1.29, 1.82) is 0 Å². The van der Waals surface area contributed by atoms with Gasteiger partial charge in [-0.3, -0.25) is 0 Å². The second-order valence-electron chi connectivity index (χ2n) is 5.65. The lowest BCUT2D eigenvalue weighted by atomic mass is 10.1. The van der Waals surface area contributed by atoms with E-state index in [1.165, 1.54) is 19.3 Å². The molecule has 0 aromatic carbocycles. The minimum absolute atomic E-state index is 0.146. The lowest BCUT2D eigenvalue weighted by Gasteiger charge is -2.29. The van der Waals surface area contributed by atoms with Crippen LogP contribution in [0.15, 0.2) is 35.8 Å². The molecule has 0 atom stereocenters. The average molecular weight is 330 g/mol. The Labute approximate surface area is 140 Å². The molecule has 0 unspecified atom stereocenters. The number of nitrogens with zero attached hydrogens (tertiary/aromatic N) is 2. The Morgan fingerprint density at radius 3 is 2.74 bits per heavy atom. The maximum Gasteiger partial charge on any atom is 0.315 e. The molecule has 0 radical (unpaired) electrons. The largest absolute Gasteiger partial charge is 0.356 e. The lowest BCUT2D eigenvalue weighted by Crippen LogP contribution is -2.36. The Morgan fingerprint density at radius 2 is 1.96 bits per heavy atom. The number of amides is 2. The second kappa shape index (κ2) is 7.97. The first-order chi connectivity index (χ1) is 11.3. The third-order valence-corrected chi connectivity index (χ3v) is 4.84. The maximum atomic E-state index is 11.9. The quantitative estimate of drug-likeness (QED) is 0.885. The maximum absolute atomic E-state index is 11.9. The van der Waals surface area contributed by atoms with Gasteiger partial charge in [0.1, 0.15) is 5.82 Å². The zero-order valence-electron chi connectivity index (χ0n) is 13.1. The summed E-state index contributed by atoms with van der Waals surface area (Å²) < 4.78 is 0. The van der Waals surface area contributed by atoms with Crippen LogP contribution in [0.4, 0.5) is 10.6 Å². The molecular formula is C17H22N4OS. The molecule has 0 aliphatic carbocycles. The van der Waals surface area contributed by atoms with Crippen LogP contribution in [0.2, 0.25) is 0 Å². The number of anilines is 1. The van der Waals surface area contributed by atoms with Gasteiger partial charge < -0.3 is 15.5 Å². The molecule has 1 saturated heterocycles. The summed E-state index contributed by atoms with van der Waals surface area (Å²) >= 11 is 1.64. The monoisotopic (exact) mass is 330 g/mol. The molecule has 6 heteroatoms. The number of piperidine rings is 1. The number of nitrogens with one attached hydrogen (secondary N) is 2. The summed E-state index contributed by atoms with van der Waals surface area (Å²) in [4.78, 5) is 19.9. The normalized spacial score (nSPS) is 14.5.